The summed E-state index contributed by atoms with van der Waals surface area (Å²) in [6.45, 7) is 1.30. The number of aryl methyl sites for hydroxylation is 1. The molecule has 1 atom stereocenters. The number of nitrogens with one attached hydrogen (secondary N) is 2. The average Bonchev–Trinajstić information content (AvgIpc) is 3.49. The number of halogens is 1. The minimum atomic E-state index is -1.32. The number of hydrogen-bond acceptors (Lipinski definition) is 5. The molecule has 4 rings (SSSR count). The minimum absolute atomic E-state index is 0.0916. The molecule has 0 saturated heterocycles. The summed E-state index contributed by atoms with van der Waals surface area (Å²) in [6.07, 6.45) is 2.03. The molecule has 2 aromatic rings. The van der Waals surface area contributed by atoms with Gasteiger partial charge in [-0.15, -0.1) is 0 Å². The molecular weight excluding hydrogens is 454 g/mol. The van der Waals surface area contributed by atoms with Gasteiger partial charge in [-0.2, -0.15) is 5.10 Å². The first-order valence-corrected chi connectivity index (χ1v) is 12.0. The first kappa shape index (κ1) is 22.9. The van der Waals surface area contributed by atoms with Gasteiger partial charge in [0.1, 0.15) is 5.69 Å². The number of amides is 2. The van der Waals surface area contributed by atoms with Crippen LogP contribution in [-0.4, -0.2) is 66.8 Å². The smallest absolute Gasteiger partial charge is 0.272 e. The molecule has 172 valence electrons. The van der Waals surface area contributed by atoms with Crippen molar-refractivity contribution in [2.45, 2.75) is 30.6 Å². The molecule has 1 fully saturated rings. The zero-order valence-corrected chi connectivity index (χ0v) is 19.3. The molecule has 1 aromatic carbocycles. The van der Waals surface area contributed by atoms with Gasteiger partial charge >= 0.3 is 0 Å². The summed E-state index contributed by atoms with van der Waals surface area (Å²) in [5.41, 5.74) is 2.22. The number of aromatic nitrogens is 2. The molecule has 2 aliphatic rings. The Hall–Kier alpha value is -2.27. The predicted molar refractivity (Wildman–Crippen MR) is 121 cm³/mol. The second-order valence-electron chi connectivity index (χ2n) is 8.15. The summed E-state index contributed by atoms with van der Waals surface area (Å²) < 4.78 is 16.4. The largest absolute Gasteiger partial charge is 0.395 e. The van der Waals surface area contributed by atoms with Gasteiger partial charge in [0.2, 0.25) is 0 Å². The van der Waals surface area contributed by atoms with Gasteiger partial charge in [0.15, 0.2) is 5.69 Å². The fourth-order valence-electron chi connectivity index (χ4n) is 3.95. The van der Waals surface area contributed by atoms with Crippen molar-refractivity contribution in [1.82, 2.24) is 24.7 Å². The number of rotatable bonds is 9. The highest BCUT2D eigenvalue weighted by molar-refractivity contribution is 7.84. The van der Waals surface area contributed by atoms with Crippen molar-refractivity contribution in [1.29, 1.82) is 0 Å². The normalized spacial score (nSPS) is 17.7. The lowest BCUT2D eigenvalue weighted by Gasteiger charge is -2.30. The minimum Gasteiger partial charge on any atom is -0.395 e. The van der Waals surface area contributed by atoms with E-state index >= 15 is 0 Å². The summed E-state index contributed by atoms with van der Waals surface area (Å²) in [4.78, 5) is 27.7. The van der Waals surface area contributed by atoms with E-state index in [-0.39, 0.29) is 30.7 Å². The molecule has 9 nitrogen and oxygen atoms in total. The number of benzene rings is 1. The van der Waals surface area contributed by atoms with Gasteiger partial charge in [-0.3, -0.25) is 14.3 Å². The average molecular weight is 480 g/mol. The van der Waals surface area contributed by atoms with Crippen molar-refractivity contribution < 1.29 is 18.9 Å². The van der Waals surface area contributed by atoms with Crippen LogP contribution >= 0.6 is 11.6 Å². The van der Waals surface area contributed by atoms with Crippen LogP contribution in [0, 0.1) is 0 Å². The second kappa shape index (κ2) is 9.30. The maximum Gasteiger partial charge on any atom is 0.272 e. The molecule has 32 heavy (non-hydrogen) atoms. The van der Waals surface area contributed by atoms with Gasteiger partial charge < -0.3 is 15.3 Å². The van der Waals surface area contributed by atoms with Crippen LogP contribution in [0.1, 0.15) is 44.9 Å². The van der Waals surface area contributed by atoms with E-state index in [4.69, 9.17) is 16.7 Å². The molecule has 0 bridgehead atoms. The number of aliphatic hydroxyl groups is 1. The van der Waals surface area contributed by atoms with Crippen molar-refractivity contribution in [3.05, 3.63) is 51.8 Å². The zero-order chi connectivity index (χ0) is 22.9. The third-order valence-corrected chi connectivity index (χ3v) is 7.92. The Morgan fingerprint density at radius 1 is 1.31 bits per heavy atom. The van der Waals surface area contributed by atoms with Crippen LogP contribution in [0.3, 0.4) is 0 Å². The fraction of sp³-hybridized carbons (Fsp3) is 0.476. The van der Waals surface area contributed by atoms with Gasteiger partial charge in [-0.05, 0) is 37.0 Å². The number of aliphatic hydroxyl groups excluding tert-OH is 1. The molecule has 1 unspecified atom stereocenters. The Bertz CT molecular complexity index is 1050. The lowest BCUT2D eigenvalue weighted by molar-refractivity contribution is 0.0725. The predicted octanol–water partition coefficient (Wildman–Crippen LogP) is 0.780. The molecule has 1 aliphatic heterocycles. The van der Waals surface area contributed by atoms with E-state index in [0.29, 0.717) is 42.3 Å². The molecular formula is C21H26ClN5O4S. The maximum atomic E-state index is 13.2. The first-order valence-electron chi connectivity index (χ1n) is 10.5. The van der Waals surface area contributed by atoms with E-state index < -0.39 is 15.7 Å². The van der Waals surface area contributed by atoms with E-state index in [1.54, 1.807) is 24.1 Å². The molecule has 3 N–H and O–H groups in total. The number of hydrogen-bond donors (Lipinski definition) is 3. The molecule has 2 heterocycles. The zero-order valence-electron chi connectivity index (χ0n) is 17.8. The SMILES string of the molecule is Cn1nc(C(=O)NCc2ccc(Cl)cc2)c2c1C(=O)N(CC1(S(=O)NCCO)CC1)CC2. The second-order valence-corrected chi connectivity index (χ2v) is 10.3. The third-order valence-electron chi connectivity index (χ3n) is 5.87. The molecule has 11 heteroatoms. The summed E-state index contributed by atoms with van der Waals surface area (Å²) in [5, 5.41) is 16.8. The summed E-state index contributed by atoms with van der Waals surface area (Å²) in [7, 11) is 0.335. The Balaban J connectivity index is 1.45. The summed E-state index contributed by atoms with van der Waals surface area (Å²) in [6, 6.07) is 7.20. The summed E-state index contributed by atoms with van der Waals surface area (Å²) >= 11 is 5.89. The fourth-order valence-corrected chi connectivity index (χ4v) is 5.41. The van der Waals surface area contributed by atoms with E-state index in [1.165, 1.54) is 4.68 Å². The van der Waals surface area contributed by atoms with Gasteiger partial charge in [0.25, 0.3) is 11.8 Å². The topological polar surface area (TPSA) is 117 Å². The van der Waals surface area contributed by atoms with Gasteiger partial charge in [0, 0.05) is 43.8 Å². The quantitative estimate of drug-likeness (QED) is 0.491. The Kier molecular flexibility index (Phi) is 6.66. The van der Waals surface area contributed by atoms with Crippen molar-refractivity contribution in [2.75, 3.05) is 26.2 Å². The molecule has 2 amide bonds. The lowest BCUT2D eigenvalue weighted by atomic mass is 10.0. The van der Waals surface area contributed by atoms with Crippen LogP contribution < -0.4 is 10.0 Å². The van der Waals surface area contributed by atoms with Crippen LogP contribution in [0.5, 0.6) is 0 Å². The standard InChI is InChI=1S/C21H26ClN5O4S/c1-26-18-16(17(25-26)19(29)23-12-14-2-4-15(22)5-3-14)6-10-27(20(18)30)13-21(7-8-21)32(31)24-9-11-28/h2-5,24,28H,6-13H2,1H3,(H,23,29). The highest BCUT2D eigenvalue weighted by Crippen LogP contribution is 2.42. The number of nitrogens with zero attached hydrogens (tertiary/aromatic N) is 3. The molecule has 1 saturated carbocycles. The van der Waals surface area contributed by atoms with Crippen LogP contribution in [-0.2, 0) is 31.0 Å². The van der Waals surface area contributed by atoms with Crippen molar-refractivity contribution in [3.63, 3.8) is 0 Å². The first-order chi connectivity index (χ1) is 15.3. The maximum absolute atomic E-state index is 13.2. The van der Waals surface area contributed by atoms with E-state index in [9.17, 15) is 13.8 Å². The Morgan fingerprint density at radius 3 is 2.69 bits per heavy atom. The van der Waals surface area contributed by atoms with Crippen molar-refractivity contribution in [2.24, 2.45) is 7.05 Å². The molecule has 0 spiro atoms. The molecule has 1 aliphatic carbocycles. The number of carbonyl (C=O) groups excluding carboxylic acids is 2. The highest BCUT2D eigenvalue weighted by atomic mass is 35.5. The van der Waals surface area contributed by atoms with E-state index in [1.807, 2.05) is 12.1 Å². The monoisotopic (exact) mass is 479 g/mol. The van der Waals surface area contributed by atoms with Crippen molar-refractivity contribution in [3.8, 4) is 0 Å². The van der Waals surface area contributed by atoms with E-state index in [2.05, 4.69) is 15.1 Å². The third kappa shape index (κ3) is 4.59. The number of carbonyl (C=O) groups is 2. The lowest BCUT2D eigenvalue weighted by Crippen LogP contribution is -2.47. The van der Waals surface area contributed by atoms with Crippen molar-refractivity contribution >= 4 is 34.4 Å². The number of fused-ring (bicyclic) bond motifs is 1. The van der Waals surface area contributed by atoms with Crippen LogP contribution in [0.2, 0.25) is 5.02 Å². The van der Waals surface area contributed by atoms with Gasteiger partial charge in [-0.25, -0.2) is 8.93 Å². The van der Waals surface area contributed by atoms with Crippen LogP contribution in [0.4, 0.5) is 0 Å². The molecule has 1 aromatic heterocycles. The Labute approximate surface area is 193 Å². The molecule has 0 radical (unpaired) electrons. The van der Waals surface area contributed by atoms with Crippen LogP contribution in [0.25, 0.3) is 0 Å². The summed E-state index contributed by atoms with van der Waals surface area (Å²) in [5.74, 6) is -0.533. The van der Waals surface area contributed by atoms with Gasteiger partial charge in [-0.1, -0.05) is 23.7 Å². The van der Waals surface area contributed by atoms with E-state index in [0.717, 1.165) is 18.4 Å². The van der Waals surface area contributed by atoms with Gasteiger partial charge in [0.05, 0.1) is 22.3 Å². The highest BCUT2D eigenvalue weighted by Gasteiger charge is 2.51. The van der Waals surface area contributed by atoms with Crippen LogP contribution in [0.15, 0.2) is 24.3 Å². The Morgan fingerprint density at radius 2 is 2.03 bits per heavy atom.